The van der Waals surface area contributed by atoms with E-state index in [1.165, 1.54) is 0 Å². The summed E-state index contributed by atoms with van der Waals surface area (Å²) in [6.07, 6.45) is 0. The molecular weight excluding hydrogens is 342 g/mol. The molecule has 6 heteroatoms. The summed E-state index contributed by atoms with van der Waals surface area (Å²) in [5.41, 5.74) is 0.627. The van der Waals surface area contributed by atoms with Crippen LogP contribution in [0.2, 0.25) is 0 Å². The number of amides is 1. The van der Waals surface area contributed by atoms with E-state index in [4.69, 9.17) is 5.11 Å². The minimum atomic E-state index is -1.09. The van der Waals surface area contributed by atoms with Crippen molar-refractivity contribution in [2.24, 2.45) is 0 Å². The number of carboxylic acid groups (broad SMARTS) is 1. The van der Waals surface area contributed by atoms with Crippen LogP contribution in [0.4, 0.5) is 5.69 Å². The Morgan fingerprint density at radius 1 is 1.12 bits per heavy atom. The smallest absolute Gasteiger partial charge is 0.318 e. The Kier molecular flexibility index (Phi) is 4.95. The Balaban J connectivity index is 2.63. The van der Waals surface area contributed by atoms with Gasteiger partial charge in [0.15, 0.2) is 0 Å². The third-order valence-electron chi connectivity index (χ3n) is 1.78. The normalized spacial score (nSPS) is 13.9. The summed E-state index contributed by atoms with van der Waals surface area (Å²) in [4.78, 5) is 20.5. The van der Waals surface area contributed by atoms with Gasteiger partial charge < -0.3 is 10.4 Å². The number of carbonyl (C=O) groups excluding carboxylic acids is 1. The van der Waals surface area contributed by atoms with E-state index in [0.717, 1.165) is 0 Å². The maximum Gasteiger partial charge on any atom is 0.318 e. The van der Waals surface area contributed by atoms with E-state index in [-0.39, 0.29) is 0 Å². The van der Waals surface area contributed by atoms with E-state index >= 15 is 0 Å². The van der Waals surface area contributed by atoms with Crippen molar-refractivity contribution in [2.75, 3.05) is 5.32 Å². The predicted molar refractivity (Wildman–Crippen MR) is 68.1 cm³/mol. The molecule has 2 N–H and O–H groups in total. The first-order valence-electron chi connectivity index (χ1n) is 4.39. The number of carbonyl (C=O) groups is 2. The molecule has 0 saturated carbocycles. The lowest BCUT2D eigenvalue weighted by Gasteiger charge is -2.12. The highest BCUT2D eigenvalue weighted by molar-refractivity contribution is 9.12. The molecule has 0 aliphatic carbocycles. The Morgan fingerprint density at radius 2 is 1.69 bits per heavy atom. The number of carboxylic acids is 1. The van der Waals surface area contributed by atoms with E-state index in [1.807, 2.05) is 6.07 Å². The van der Waals surface area contributed by atoms with Crippen LogP contribution in [-0.4, -0.2) is 26.6 Å². The van der Waals surface area contributed by atoms with Gasteiger partial charge in [0, 0.05) is 5.69 Å². The van der Waals surface area contributed by atoms with E-state index < -0.39 is 21.5 Å². The van der Waals surface area contributed by atoms with E-state index in [0.29, 0.717) is 5.69 Å². The number of hydrogen-bond donors (Lipinski definition) is 2. The molecule has 0 aromatic heterocycles. The molecular formula is C10H9Br2NO3. The number of hydrogen-bond acceptors (Lipinski definition) is 2. The van der Waals surface area contributed by atoms with Gasteiger partial charge in [-0.3, -0.25) is 9.59 Å². The summed E-state index contributed by atoms with van der Waals surface area (Å²) in [6.45, 7) is 0. The molecule has 1 aromatic carbocycles. The van der Waals surface area contributed by atoms with Gasteiger partial charge in [-0.2, -0.15) is 0 Å². The van der Waals surface area contributed by atoms with Crippen molar-refractivity contribution in [3.05, 3.63) is 30.3 Å². The Labute approximate surface area is 109 Å². The minimum Gasteiger partial charge on any atom is -0.480 e. The van der Waals surface area contributed by atoms with Gasteiger partial charge in [0.1, 0.15) is 9.65 Å². The van der Waals surface area contributed by atoms with Crippen molar-refractivity contribution in [1.82, 2.24) is 0 Å². The lowest BCUT2D eigenvalue weighted by atomic mass is 10.2. The first-order valence-corrected chi connectivity index (χ1v) is 6.22. The van der Waals surface area contributed by atoms with Crippen LogP contribution in [0.1, 0.15) is 0 Å². The lowest BCUT2D eigenvalue weighted by molar-refractivity contribution is -0.137. The van der Waals surface area contributed by atoms with Crippen LogP contribution in [0.25, 0.3) is 0 Å². The van der Waals surface area contributed by atoms with Crippen LogP contribution in [0.5, 0.6) is 0 Å². The molecule has 0 radical (unpaired) electrons. The summed E-state index contributed by atoms with van der Waals surface area (Å²) in [6, 6.07) is 8.83. The van der Waals surface area contributed by atoms with Crippen molar-refractivity contribution in [3.8, 4) is 0 Å². The molecule has 2 unspecified atom stereocenters. The predicted octanol–water partition coefficient (Wildman–Crippen LogP) is 2.24. The Morgan fingerprint density at radius 3 is 2.19 bits per heavy atom. The number of halogens is 2. The summed E-state index contributed by atoms with van der Waals surface area (Å²) in [5, 5.41) is 11.3. The maximum absolute atomic E-state index is 11.6. The van der Waals surface area contributed by atoms with Crippen molar-refractivity contribution >= 4 is 49.4 Å². The molecule has 4 nitrogen and oxygen atoms in total. The molecule has 2 atom stereocenters. The highest BCUT2D eigenvalue weighted by Crippen LogP contribution is 2.17. The fourth-order valence-corrected chi connectivity index (χ4v) is 1.57. The van der Waals surface area contributed by atoms with Gasteiger partial charge in [0.2, 0.25) is 5.91 Å². The van der Waals surface area contributed by atoms with Gasteiger partial charge in [0.25, 0.3) is 0 Å². The van der Waals surface area contributed by atoms with Crippen LogP contribution < -0.4 is 5.32 Å². The molecule has 16 heavy (non-hydrogen) atoms. The standard InChI is InChI=1S/C10H9Br2NO3/c11-7(8(12)10(15)16)9(14)13-6-4-2-1-3-5-6/h1-5,7-8H,(H,13,14)(H,15,16). The van der Waals surface area contributed by atoms with E-state index in [2.05, 4.69) is 37.2 Å². The number of benzene rings is 1. The first-order chi connectivity index (χ1) is 7.52. The molecule has 1 rings (SSSR count). The van der Waals surface area contributed by atoms with Crippen LogP contribution in [0.3, 0.4) is 0 Å². The summed E-state index contributed by atoms with van der Waals surface area (Å²) >= 11 is 5.94. The maximum atomic E-state index is 11.6. The zero-order valence-electron chi connectivity index (χ0n) is 8.06. The van der Waals surface area contributed by atoms with Gasteiger partial charge >= 0.3 is 5.97 Å². The highest BCUT2D eigenvalue weighted by atomic mass is 79.9. The summed E-state index contributed by atoms with van der Waals surface area (Å²) in [5.74, 6) is -1.50. The van der Waals surface area contributed by atoms with E-state index in [9.17, 15) is 9.59 Å². The third kappa shape index (κ3) is 3.61. The van der Waals surface area contributed by atoms with Crippen LogP contribution in [0, 0.1) is 0 Å². The molecule has 0 saturated heterocycles. The fourth-order valence-electron chi connectivity index (χ4n) is 0.991. The monoisotopic (exact) mass is 349 g/mol. The Hall–Kier alpha value is -0.880. The largest absolute Gasteiger partial charge is 0.480 e. The van der Waals surface area contributed by atoms with Crippen molar-refractivity contribution in [3.63, 3.8) is 0 Å². The van der Waals surface area contributed by atoms with Crippen molar-refractivity contribution < 1.29 is 14.7 Å². The first kappa shape index (κ1) is 13.2. The molecule has 0 fully saturated rings. The molecule has 0 bridgehead atoms. The van der Waals surface area contributed by atoms with E-state index in [1.54, 1.807) is 24.3 Å². The zero-order chi connectivity index (χ0) is 12.1. The molecule has 0 aliphatic rings. The summed E-state index contributed by atoms with van der Waals surface area (Å²) in [7, 11) is 0. The van der Waals surface area contributed by atoms with Gasteiger partial charge in [-0.05, 0) is 12.1 Å². The third-order valence-corrected chi connectivity index (χ3v) is 4.36. The number of aliphatic carboxylic acids is 1. The second kappa shape index (κ2) is 6.00. The number of anilines is 1. The van der Waals surface area contributed by atoms with Gasteiger partial charge in [0.05, 0.1) is 0 Å². The SMILES string of the molecule is O=C(O)C(Br)C(Br)C(=O)Nc1ccccc1. The average molecular weight is 351 g/mol. The topological polar surface area (TPSA) is 66.4 Å². The van der Waals surface area contributed by atoms with Crippen molar-refractivity contribution in [1.29, 1.82) is 0 Å². The number of alkyl halides is 2. The average Bonchev–Trinajstić information content (AvgIpc) is 2.28. The zero-order valence-corrected chi connectivity index (χ0v) is 11.2. The molecule has 1 amide bonds. The number of nitrogens with one attached hydrogen (secondary N) is 1. The van der Waals surface area contributed by atoms with Crippen LogP contribution in [-0.2, 0) is 9.59 Å². The van der Waals surface area contributed by atoms with Gasteiger partial charge in [-0.15, -0.1) is 0 Å². The number of rotatable bonds is 4. The fraction of sp³-hybridized carbons (Fsp3) is 0.200. The lowest BCUT2D eigenvalue weighted by Crippen LogP contribution is -2.34. The molecule has 0 aliphatic heterocycles. The molecule has 86 valence electrons. The minimum absolute atomic E-state index is 0.407. The molecule has 0 heterocycles. The molecule has 1 aromatic rings. The highest BCUT2D eigenvalue weighted by Gasteiger charge is 2.29. The van der Waals surface area contributed by atoms with Gasteiger partial charge in [-0.25, -0.2) is 0 Å². The summed E-state index contributed by atoms with van der Waals surface area (Å²) < 4.78 is 0. The number of para-hydroxylation sites is 1. The molecule has 0 spiro atoms. The quantitative estimate of drug-likeness (QED) is 0.818. The second-order valence-corrected chi connectivity index (χ2v) is 4.97. The van der Waals surface area contributed by atoms with Crippen LogP contribution >= 0.6 is 31.9 Å². The van der Waals surface area contributed by atoms with Gasteiger partial charge in [-0.1, -0.05) is 50.1 Å². The second-order valence-electron chi connectivity index (χ2n) is 3.00. The Bertz CT molecular complexity index is 383. The van der Waals surface area contributed by atoms with Crippen molar-refractivity contribution in [2.45, 2.75) is 9.65 Å². The van der Waals surface area contributed by atoms with Crippen LogP contribution in [0.15, 0.2) is 30.3 Å².